The highest BCUT2D eigenvalue weighted by atomic mass is 32.2. The molecule has 2 amide bonds. The van der Waals surface area contributed by atoms with Gasteiger partial charge >= 0.3 is 0 Å². The topological polar surface area (TPSA) is 67.4 Å². The molecule has 0 saturated heterocycles. The van der Waals surface area contributed by atoms with E-state index in [0.29, 0.717) is 33.7 Å². The minimum Gasteiger partial charge on any atom is -0.495 e. The molecular formula is C21H24N2O3S. The highest BCUT2D eigenvalue weighted by Gasteiger charge is 2.16. The smallest absolute Gasteiger partial charge is 0.255 e. The average molecular weight is 385 g/mol. The van der Waals surface area contributed by atoms with E-state index in [-0.39, 0.29) is 11.8 Å². The fourth-order valence-corrected chi connectivity index (χ4v) is 4.22. The monoisotopic (exact) mass is 384 g/mol. The molecule has 0 aliphatic heterocycles. The van der Waals surface area contributed by atoms with Crippen LogP contribution < -0.4 is 15.4 Å². The third kappa shape index (κ3) is 5.50. The van der Waals surface area contributed by atoms with E-state index in [1.54, 1.807) is 55.3 Å². The van der Waals surface area contributed by atoms with E-state index in [2.05, 4.69) is 10.6 Å². The van der Waals surface area contributed by atoms with Crippen molar-refractivity contribution >= 4 is 35.0 Å². The Morgan fingerprint density at radius 1 is 1.04 bits per heavy atom. The Hall–Kier alpha value is -2.47. The SMILES string of the molecule is COc1ccccc1NC(=O)c1ccc(NC(=O)CSC2CCCC2)cc1. The molecule has 1 fully saturated rings. The van der Waals surface area contributed by atoms with E-state index in [1.165, 1.54) is 25.7 Å². The zero-order chi connectivity index (χ0) is 19.1. The molecule has 5 nitrogen and oxygen atoms in total. The average Bonchev–Trinajstić information content (AvgIpc) is 3.21. The van der Waals surface area contributed by atoms with E-state index in [0.717, 1.165) is 0 Å². The molecule has 0 unspecified atom stereocenters. The lowest BCUT2D eigenvalue weighted by Crippen LogP contribution is -2.16. The molecule has 0 atom stereocenters. The minimum atomic E-state index is -0.228. The first-order valence-electron chi connectivity index (χ1n) is 9.11. The van der Waals surface area contributed by atoms with Gasteiger partial charge in [-0.3, -0.25) is 9.59 Å². The number of rotatable bonds is 7. The van der Waals surface area contributed by atoms with E-state index in [9.17, 15) is 9.59 Å². The van der Waals surface area contributed by atoms with Crippen molar-refractivity contribution in [2.24, 2.45) is 0 Å². The van der Waals surface area contributed by atoms with Gasteiger partial charge < -0.3 is 15.4 Å². The molecule has 3 rings (SSSR count). The second kappa shape index (κ2) is 9.46. The molecule has 1 aliphatic rings. The number of hydrogen-bond acceptors (Lipinski definition) is 4. The van der Waals surface area contributed by atoms with Crippen LogP contribution in [0, 0.1) is 0 Å². The number of hydrogen-bond donors (Lipinski definition) is 2. The van der Waals surface area contributed by atoms with Crippen molar-refractivity contribution in [3.8, 4) is 5.75 Å². The first kappa shape index (κ1) is 19.3. The Morgan fingerprint density at radius 3 is 2.44 bits per heavy atom. The fourth-order valence-electron chi connectivity index (χ4n) is 3.09. The number of carbonyl (C=O) groups is 2. The van der Waals surface area contributed by atoms with Crippen molar-refractivity contribution in [3.05, 3.63) is 54.1 Å². The van der Waals surface area contributed by atoms with Gasteiger partial charge in [-0.1, -0.05) is 25.0 Å². The molecule has 1 saturated carbocycles. The molecule has 142 valence electrons. The summed E-state index contributed by atoms with van der Waals surface area (Å²) in [6.45, 7) is 0. The maximum absolute atomic E-state index is 12.4. The fraction of sp³-hybridized carbons (Fsp3) is 0.333. The predicted octanol–water partition coefficient (Wildman–Crippen LogP) is 4.56. The van der Waals surface area contributed by atoms with Gasteiger partial charge in [0.05, 0.1) is 18.6 Å². The molecule has 6 heteroatoms. The summed E-state index contributed by atoms with van der Waals surface area (Å²) in [5, 5.41) is 6.35. The van der Waals surface area contributed by atoms with Crippen LogP contribution in [-0.2, 0) is 4.79 Å². The number of methoxy groups -OCH3 is 1. The van der Waals surface area contributed by atoms with E-state index in [1.807, 2.05) is 12.1 Å². The summed E-state index contributed by atoms with van der Waals surface area (Å²) < 4.78 is 5.24. The normalized spacial score (nSPS) is 14.0. The van der Waals surface area contributed by atoms with Gasteiger partial charge in [0.1, 0.15) is 5.75 Å². The van der Waals surface area contributed by atoms with Crippen molar-refractivity contribution in [1.82, 2.24) is 0 Å². The zero-order valence-corrected chi connectivity index (χ0v) is 16.2. The standard InChI is InChI=1S/C21H24N2O3S/c1-26-19-9-5-4-8-18(19)23-21(25)15-10-12-16(13-11-15)22-20(24)14-27-17-6-2-3-7-17/h4-5,8-13,17H,2-3,6-7,14H2,1H3,(H,22,24)(H,23,25). The molecule has 2 aromatic carbocycles. The molecular weight excluding hydrogens is 360 g/mol. The second-order valence-electron chi connectivity index (χ2n) is 6.50. The Morgan fingerprint density at radius 2 is 1.74 bits per heavy atom. The van der Waals surface area contributed by atoms with E-state index >= 15 is 0 Å². The van der Waals surface area contributed by atoms with Crippen LogP contribution in [0.15, 0.2) is 48.5 Å². The van der Waals surface area contributed by atoms with Gasteiger partial charge in [0.15, 0.2) is 0 Å². The van der Waals surface area contributed by atoms with Gasteiger partial charge in [0, 0.05) is 16.5 Å². The Kier molecular flexibility index (Phi) is 6.76. The first-order chi connectivity index (χ1) is 13.2. The highest BCUT2D eigenvalue weighted by molar-refractivity contribution is 8.00. The molecule has 2 N–H and O–H groups in total. The first-order valence-corrected chi connectivity index (χ1v) is 10.2. The van der Waals surface area contributed by atoms with Crippen LogP contribution >= 0.6 is 11.8 Å². The Balaban J connectivity index is 1.53. The molecule has 0 radical (unpaired) electrons. The van der Waals surface area contributed by atoms with E-state index < -0.39 is 0 Å². The van der Waals surface area contributed by atoms with Crippen molar-refractivity contribution in [1.29, 1.82) is 0 Å². The molecule has 1 aliphatic carbocycles. The van der Waals surface area contributed by atoms with Gasteiger partial charge in [-0.05, 0) is 49.2 Å². The summed E-state index contributed by atoms with van der Waals surface area (Å²) in [4.78, 5) is 24.5. The number of nitrogens with one attached hydrogen (secondary N) is 2. The maximum Gasteiger partial charge on any atom is 0.255 e. The summed E-state index contributed by atoms with van der Waals surface area (Å²) in [7, 11) is 1.56. The third-order valence-corrected chi connectivity index (χ3v) is 5.91. The molecule has 2 aromatic rings. The summed E-state index contributed by atoms with van der Waals surface area (Å²) in [5.74, 6) is 0.850. The van der Waals surface area contributed by atoms with Gasteiger partial charge in [-0.25, -0.2) is 0 Å². The van der Waals surface area contributed by atoms with Crippen LogP contribution in [0.2, 0.25) is 0 Å². The zero-order valence-electron chi connectivity index (χ0n) is 15.4. The highest BCUT2D eigenvalue weighted by Crippen LogP contribution is 2.29. The summed E-state index contributed by atoms with van der Waals surface area (Å²) in [5.41, 5.74) is 1.83. The van der Waals surface area contributed by atoms with Crippen LogP contribution in [0.3, 0.4) is 0 Å². The van der Waals surface area contributed by atoms with Crippen molar-refractivity contribution in [2.75, 3.05) is 23.5 Å². The minimum absolute atomic E-state index is 0.00174. The third-order valence-electron chi connectivity index (χ3n) is 4.54. The van der Waals surface area contributed by atoms with Crippen molar-refractivity contribution in [3.63, 3.8) is 0 Å². The molecule has 0 bridgehead atoms. The van der Waals surface area contributed by atoms with Crippen LogP contribution in [0.1, 0.15) is 36.0 Å². The maximum atomic E-state index is 12.4. The lowest BCUT2D eigenvalue weighted by molar-refractivity contribution is -0.113. The van der Waals surface area contributed by atoms with Crippen LogP contribution in [0.5, 0.6) is 5.75 Å². The van der Waals surface area contributed by atoms with Crippen LogP contribution in [0.25, 0.3) is 0 Å². The number of amides is 2. The molecule has 0 heterocycles. The number of carbonyl (C=O) groups excluding carboxylic acids is 2. The van der Waals surface area contributed by atoms with Crippen LogP contribution in [-0.4, -0.2) is 29.9 Å². The summed E-state index contributed by atoms with van der Waals surface area (Å²) >= 11 is 1.74. The second-order valence-corrected chi connectivity index (χ2v) is 7.79. The van der Waals surface area contributed by atoms with Crippen molar-refractivity contribution < 1.29 is 14.3 Å². The lowest BCUT2D eigenvalue weighted by Gasteiger charge is -2.11. The summed E-state index contributed by atoms with van der Waals surface area (Å²) in [6, 6.07) is 14.1. The number of benzene rings is 2. The number of thioether (sulfide) groups is 1. The Labute approximate surface area is 163 Å². The summed E-state index contributed by atoms with van der Waals surface area (Å²) in [6.07, 6.45) is 4.98. The van der Waals surface area contributed by atoms with E-state index in [4.69, 9.17) is 4.74 Å². The number of ether oxygens (including phenoxy) is 1. The quantitative estimate of drug-likeness (QED) is 0.734. The Bertz CT molecular complexity index is 786. The lowest BCUT2D eigenvalue weighted by atomic mass is 10.2. The van der Waals surface area contributed by atoms with Gasteiger partial charge in [-0.2, -0.15) is 0 Å². The predicted molar refractivity (Wildman–Crippen MR) is 111 cm³/mol. The van der Waals surface area contributed by atoms with Crippen LogP contribution in [0.4, 0.5) is 11.4 Å². The molecule has 0 aromatic heterocycles. The van der Waals surface area contributed by atoms with Gasteiger partial charge in [0.25, 0.3) is 5.91 Å². The number of anilines is 2. The largest absolute Gasteiger partial charge is 0.495 e. The molecule has 27 heavy (non-hydrogen) atoms. The van der Waals surface area contributed by atoms with Gasteiger partial charge in [-0.15, -0.1) is 11.8 Å². The van der Waals surface area contributed by atoms with Crippen molar-refractivity contribution in [2.45, 2.75) is 30.9 Å². The number of para-hydroxylation sites is 2. The molecule has 0 spiro atoms. The van der Waals surface area contributed by atoms with Gasteiger partial charge in [0.2, 0.25) is 5.91 Å².